The van der Waals surface area contributed by atoms with Gasteiger partial charge in [0.1, 0.15) is 0 Å². The van der Waals surface area contributed by atoms with E-state index in [4.69, 9.17) is 4.74 Å². The molecular formula is C24H32O3Si. The van der Waals surface area contributed by atoms with Crippen LogP contribution in [0.15, 0.2) is 60.7 Å². The Balaban J connectivity index is 1.96. The summed E-state index contributed by atoms with van der Waals surface area (Å²) in [7, 11) is -3.03. The minimum absolute atomic E-state index is 0.0379. The van der Waals surface area contributed by atoms with Gasteiger partial charge in [-0.25, -0.2) is 0 Å². The van der Waals surface area contributed by atoms with E-state index in [-0.39, 0.29) is 22.8 Å². The maximum absolute atomic E-state index is 12.5. The molecule has 150 valence electrons. The average molecular weight is 397 g/mol. The van der Waals surface area contributed by atoms with Gasteiger partial charge in [-0.05, 0) is 47.5 Å². The first-order valence-corrected chi connectivity index (χ1v) is 12.3. The number of esters is 1. The van der Waals surface area contributed by atoms with Crippen LogP contribution in [-0.4, -0.2) is 25.7 Å². The molecule has 2 aromatic rings. The van der Waals surface area contributed by atoms with Gasteiger partial charge >= 0.3 is 5.97 Å². The standard InChI is InChI=1S/C24H32O3Si/c1-4-27-23(25)22-17-11-12-19(22)18-24(2,3)28(26,20-13-7-5-8-14-20)21-15-9-6-10-16-21/h5-10,13-16,19,22,26H,4,11-12,17-18H2,1-3H3/t19-,22-/m1/s1. The molecule has 1 saturated carbocycles. The fraction of sp³-hybridized carbons (Fsp3) is 0.458. The van der Waals surface area contributed by atoms with Gasteiger partial charge < -0.3 is 9.53 Å². The largest absolute Gasteiger partial charge is 0.466 e. The Morgan fingerprint density at radius 2 is 1.57 bits per heavy atom. The Kier molecular flexibility index (Phi) is 6.41. The molecular weight excluding hydrogens is 364 g/mol. The van der Waals surface area contributed by atoms with Gasteiger partial charge in [0.05, 0.1) is 12.5 Å². The highest BCUT2D eigenvalue weighted by molar-refractivity contribution is 6.98. The quantitative estimate of drug-likeness (QED) is 0.570. The number of benzene rings is 2. The van der Waals surface area contributed by atoms with Gasteiger partial charge in [-0.3, -0.25) is 4.79 Å². The summed E-state index contributed by atoms with van der Waals surface area (Å²) in [6, 6.07) is 20.2. The van der Waals surface area contributed by atoms with Crippen LogP contribution in [0.2, 0.25) is 5.04 Å². The molecule has 1 aliphatic rings. The van der Waals surface area contributed by atoms with Crippen molar-refractivity contribution in [1.82, 2.24) is 0 Å². The zero-order chi connectivity index (χ0) is 20.2. The van der Waals surface area contributed by atoms with Crippen molar-refractivity contribution in [3.63, 3.8) is 0 Å². The molecule has 0 aliphatic heterocycles. The second-order valence-corrected chi connectivity index (χ2v) is 12.5. The maximum Gasteiger partial charge on any atom is 0.309 e. The Morgan fingerprint density at radius 3 is 2.07 bits per heavy atom. The molecule has 1 aliphatic carbocycles. The molecule has 3 rings (SSSR count). The van der Waals surface area contributed by atoms with Crippen LogP contribution in [0.5, 0.6) is 0 Å². The van der Waals surface area contributed by atoms with E-state index in [0.29, 0.717) is 6.61 Å². The third kappa shape index (κ3) is 3.94. The van der Waals surface area contributed by atoms with Crippen molar-refractivity contribution in [3.05, 3.63) is 60.7 Å². The van der Waals surface area contributed by atoms with E-state index in [9.17, 15) is 9.59 Å². The van der Waals surface area contributed by atoms with Crippen LogP contribution < -0.4 is 10.4 Å². The number of rotatable bonds is 7. The van der Waals surface area contributed by atoms with Crippen LogP contribution in [0.1, 0.15) is 46.5 Å². The molecule has 3 nitrogen and oxygen atoms in total. The molecule has 0 amide bonds. The Morgan fingerprint density at radius 1 is 1.04 bits per heavy atom. The number of ether oxygens (including phenoxy) is 1. The van der Waals surface area contributed by atoms with Gasteiger partial charge in [-0.15, -0.1) is 0 Å². The van der Waals surface area contributed by atoms with Crippen molar-refractivity contribution in [3.8, 4) is 0 Å². The van der Waals surface area contributed by atoms with Crippen LogP contribution in [0.4, 0.5) is 0 Å². The summed E-state index contributed by atoms with van der Waals surface area (Å²) in [5.74, 6) is 0.162. The lowest BCUT2D eigenvalue weighted by Gasteiger charge is -2.43. The monoisotopic (exact) mass is 396 g/mol. The smallest absolute Gasteiger partial charge is 0.309 e. The van der Waals surface area contributed by atoms with Gasteiger partial charge in [0.15, 0.2) is 0 Å². The average Bonchev–Trinajstić information content (AvgIpc) is 3.16. The molecule has 0 spiro atoms. The van der Waals surface area contributed by atoms with Gasteiger partial charge in [0.25, 0.3) is 8.32 Å². The summed E-state index contributed by atoms with van der Waals surface area (Å²) in [6.07, 6.45) is 3.81. The van der Waals surface area contributed by atoms with Crippen LogP contribution in [0, 0.1) is 11.8 Å². The van der Waals surface area contributed by atoms with Gasteiger partial charge in [0.2, 0.25) is 0 Å². The summed E-state index contributed by atoms with van der Waals surface area (Å²) in [6.45, 7) is 6.65. The molecule has 0 unspecified atom stereocenters. The summed E-state index contributed by atoms with van der Waals surface area (Å²) >= 11 is 0. The van der Waals surface area contributed by atoms with Crippen molar-refractivity contribution >= 4 is 24.7 Å². The van der Waals surface area contributed by atoms with E-state index in [1.165, 1.54) is 0 Å². The molecule has 0 aromatic heterocycles. The molecule has 1 N–H and O–H groups in total. The molecule has 0 radical (unpaired) electrons. The van der Waals surface area contributed by atoms with Crippen LogP contribution >= 0.6 is 0 Å². The number of hydrogen-bond acceptors (Lipinski definition) is 3. The lowest BCUT2D eigenvalue weighted by molar-refractivity contribution is -0.149. The van der Waals surface area contributed by atoms with Crippen LogP contribution in [0.3, 0.4) is 0 Å². The topological polar surface area (TPSA) is 46.5 Å². The third-order valence-corrected chi connectivity index (χ3v) is 10.9. The van der Waals surface area contributed by atoms with Gasteiger partial charge in [0, 0.05) is 0 Å². The van der Waals surface area contributed by atoms with E-state index < -0.39 is 8.32 Å². The molecule has 0 bridgehead atoms. The van der Waals surface area contributed by atoms with Crippen molar-refractivity contribution in [2.24, 2.45) is 11.8 Å². The van der Waals surface area contributed by atoms with Crippen molar-refractivity contribution < 1.29 is 14.3 Å². The predicted molar refractivity (Wildman–Crippen MR) is 116 cm³/mol. The van der Waals surface area contributed by atoms with Crippen LogP contribution in [-0.2, 0) is 9.53 Å². The summed E-state index contributed by atoms with van der Waals surface area (Å²) in [5, 5.41) is 1.73. The SMILES string of the molecule is CCOC(=O)[C@@H]1CCC[C@@H]1CC(C)(C)[Si](O)(c1ccccc1)c1ccccc1. The number of carbonyl (C=O) groups is 1. The van der Waals surface area contributed by atoms with Crippen molar-refractivity contribution in [2.45, 2.75) is 51.5 Å². The third-order valence-electron chi connectivity index (χ3n) is 6.38. The second-order valence-electron chi connectivity index (χ2n) is 8.58. The van der Waals surface area contributed by atoms with E-state index in [0.717, 1.165) is 36.1 Å². The summed E-state index contributed by atoms with van der Waals surface area (Å²) < 4.78 is 5.34. The van der Waals surface area contributed by atoms with E-state index in [1.54, 1.807) is 0 Å². The van der Waals surface area contributed by atoms with Gasteiger partial charge in [-0.2, -0.15) is 0 Å². The minimum Gasteiger partial charge on any atom is -0.466 e. The van der Waals surface area contributed by atoms with E-state index >= 15 is 0 Å². The van der Waals surface area contributed by atoms with E-state index in [2.05, 4.69) is 38.1 Å². The van der Waals surface area contributed by atoms with Crippen molar-refractivity contribution in [1.29, 1.82) is 0 Å². The molecule has 1 fully saturated rings. The van der Waals surface area contributed by atoms with E-state index in [1.807, 2.05) is 43.3 Å². The summed E-state index contributed by atoms with van der Waals surface area (Å²) in [4.78, 5) is 24.8. The fourth-order valence-corrected chi connectivity index (χ4v) is 8.75. The lowest BCUT2D eigenvalue weighted by Crippen LogP contribution is -2.65. The number of hydrogen-bond donors (Lipinski definition) is 1. The Hall–Kier alpha value is -1.91. The predicted octanol–water partition coefficient (Wildman–Crippen LogP) is 3.89. The second kappa shape index (κ2) is 8.62. The first kappa shape index (κ1) is 20.8. The fourth-order valence-electron chi connectivity index (χ4n) is 4.95. The molecule has 2 atom stereocenters. The molecule has 2 aromatic carbocycles. The first-order chi connectivity index (χ1) is 13.4. The van der Waals surface area contributed by atoms with Crippen LogP contribution in [0.25, 0.3) is 0 Å². The highest BCUT2D eigenvalue weighted by Crippen LogP contribution is 2.47. The minimum atomic E-state index is -3.03. The van der Waals surface area contributed by atoms with Crippen molar-refractivity contribution in [2.75, 3.05) is 6.61 Å². The zero-order valence-electron chi connectivity index (χ0n) is 17.2. The van der Waals surface area contributed by atoms with Gasteiger partial charge in [-0.1, -0.05) is 80.9 Å². The Bertz CT molecular complexity index is 733. The molecule has 28 heavy (non-hydrogen) atoms. The summed E-state index contributed by atoms with van der Waals surface area (Å²) in [5.41, 5.74) is 0. The normalized spacial score (nSPS) is 20.1. The molecule has 0 saturated heterocycles. The number of carbonyl (C=O) groups excluding carboxylic acids is 1. The maximum atomic E-state index is 12.5. The Labute approximate surface area is 169 Å². The highest BCUT2D eigenvalue weighted by Gasteiger charge is 2.52. The molecule has 0 heterocycles. The zero-order valence-corrected chi connectivity index (χ0v) is 18.2. The lowest BCUT2D eigenvalue weighted by atomic mass is 9.87. The first-order valence-electron chi connectivity index (χ1n) is 10.4. The molecule has 4 heteroatoms. The highest BCUT2D eigenvalue weighted by atomic mass is 28.4.